The molecule has 3 heterocycles. The van der Waals surface area contributed by atoms with Crippen molar-refractivity contribution in [2.75, 3.05) is 13.2 Å². The number of pyridine rings is 2. The summed E-state index contributed by atoms with van der Waals surface area (Å²) in [5.41, 5.74) is 4.22. The summed E-state index contributed by atoms with van der Waals surface area (Å²) in [5, 5.41) is 3.67. The van der Waals surface area contributed by atoms with Gasteiger partial charge in [0.1, 0.15) is 5.75 Å². The first-order valence-corrected chi connectivity index (χ1v) is 10.9. The number of aryl methyl sites for hydroxylation is 3. The molecule has 32 heavy (non-hydrogen) atoms. The Balaban J connectivity index is 1.30. The summed E-state index contributed by atoms with van der Waals surface area (Å²) in [6.45, 7) is 1.44. The molecule has 0 saturated heterocycles. The molecule has 0 amide bonds. The van der Waals surface area contributed by atoms with Gasteiger partial charge >= 0.3 is 5.69 Å². The van der Waals surface area contributed by atoms with Crippen molar-refractivity contribution < 1.29 is 4.74 Å². The van der Waals surface area contributed by atoms with Gasteiger partial charge in [0.25, 0.3) is 0 Å². The van der Waals surface area contributed by atoms with Crippen LogP contribution < -0.4 is 15.7 Å². The highest BCUT2D eigenvalue weighted by Gasteiger charge is 2.12. The lowest BCUT2D eigenvalue weighted by Crippen LogP contribution is -2.24. The first-order chi connectivity index (χ1) is 15.6. The van der Waals surface area contributed by atoms with Gasteiger partial charge in [0.05, 0.1) is 17.6 Å². The molecule has 4 rings (SSSR count). The molecule has 166 valence electrons. The van der Waals surface area contributed by atoms with E-state index in [0.29, 0.717) is 6.61 Å². The van der Waals surface area contributed by atoms with E-state index < -0.39 is 0 Å². The van der Waals surface area contributed by atoms with E-state index in [4.69, 9.17) is 4.74 Å². The van der Waals surface area contributed by atoms with E-state index in [0.717, 1.165) is 42.6 Å². The fraction of sp³-hybridized carbons (Fsp3) is 0.320. The first kappa shape index (κ1) is 21.8. The summed E-state index contributed by atoms with van der Waals surface area (Å²) in [5.74, 6) is 0.779. The van der Waals surface area contributed by atoms with E-state index >= 15 is 0 Å². The molecule has 7 heteroatoms. The van der Waals surface area contributed by atoms with Crippen LogP contribution in [0.15, 0.2) is 72.0 Å². The molecule has 1 unspecified atom stereocenters. The van der Waals surface area contributed by atoms with Crippen LogP contribution in [0.25, 0.3) is 11.0 Å². The van der Waals surface area contributed by atoms with E-state index in [-0.39, 0.29) is 11.7 Å². The summed E-state index contributed by atoms with van der Waals surface area (Å²) < 4.78 is 9.24. The Morgan fingerprint density at radius 3 is 2.59 bits per heavy atom. The third-order valence-corrected chi connectivity index (χ3v) is 5.78. The molecule has 1 atom stereocenters. The monoisotopic (exact) mass is 431 g/mol. The summed E-state index contributed by atoms with van der Waals surface area (Å²) in [6.07, 6.45) is 10.2. The van der Waals surface area contributed by atoms with Crippen LogP contribution in [0.4, 0.5) is 0 Å². The van der Waals surface area contributed by atoms with Crippen LogP contribution in [0.1, 0.15) is 30.0 Å². The zero-order valence-electron chi connectivity index (χ0n) is 18.6. The van der Waals surface area contributed by atoms with Crippen LogP contribution >= 0.6 is 0 Å². The minimum atomic E-state index is -0.0326. The van der Waals surface area contributed by atoms with Crippen molar-refractivity contribution in [3.05, 3.63) is 88.9 Å². The number of ether oxygens (including phenoxy) is 1. The van der Waals surface area contributed by atoms with E-state index in [1.165, 1.54) is 11.1 Å². The number of hydrogen-bond acceptors (Lipinski definition) is 5. The molecule has 3 aromatic heterocycles. The fourth-order valence-corrected chi connectivity index (χ4v) is 3.95. The SMILES string of the molecule is Cn1c(=O)n(C)c2cc(OCCCNC(CCc3cccnc3)c3ccncc3)ccc21. The molecule has 4 aromatic rings. The lowest BCUT2D eigenvalue weighted by molar-refractivity contribution is 0.304. The Morgan fingerprint density at radius 1 is 1.00 bits per heavy atom. The lowest BCUT2D eigenvalue weighted by atomic mass is 10.0. The predicted molar refractivity (Wildman–Crippen MR) is 126 cm³/mol. The molecular weight excluding hydrogens is 402 g/mol. The van der Waals surface area contributed by atoms with Crippen molar-refractivity contribution in [3.63, 3.8) is 0 Å². The van der Waals surface area contributed by atoms with Gasteiger partial charge in [0.2, 0.25) is 0 Å². The summed E-state index contributed by atoms with van der Waals surface area (Å²) >= 11 is 0. The van der Waals surface area contributed by atoms with Crippen molar-refractivity contribution in [3.8, 4) is 5.75 Å². The Kier molecular flexibility index (Phi) is 6.97. The number of rotatable bonds is 10. The number of benzene rings is 1. The molecule has 1 N–H and O–H groups in total. The Morgan fingerprint density at radius 2 is 1.81 bits per heavy atom. The van der Waals surface area contributed by atoms with Crippen LogP contribution in [-0.2, 0) is 20.5 Å². The predicted octanol–water partition coefficient (Wildman–Crippen LogP) is 3.40. The fourth-order valence-electron chi connectivity index (χ4n) is 3.95. The average molecular weight is 432 g/mol. The molecule has 1 aromatic carbocycles. The summed E-state index contributed by atoms with van der Waals surface area (Å²) in [7, 11) is 3.56. The molecule has 0 bridgehead atoms. The van der Waals surface area contributed by atoms with Gasteiger partial charge in [0.15, 0.2) is 0 Å². The second kappa shape index (κ2) is 10.2. The van der Waals surface area contributed by atoms with Crippen LogP contribution in [0, 0.1) is 0 Å². The van der Waals surface area contributed by atoms with E-state index in [2.05, 4.69) is 33.5 Å². The third-order valence-electron chi connectivity index (χ3n) is 5.78. The topological polar surface area (TPSA) is 74.0 Å². The van der Waals surface area contributed by atoms with Crippen molar-refractivity contribution >= 4 is 11.0 Å². The van der Waals surface area contributed by atoms with E-state index in [1.54, 1.807) is 29.4 Å². The van der Waals surface area contributed by atoms with Gasteiger partial charge in [0, 0.05) is 51.0 Å². The van der Waals surface area contributed by atoms with Gasteiger partial charge in [-0.05, 0) is 67.3 Å². The van der Waals surface area contributed by atoms with Crippen molar-refractivity contribution in [1.82, 2.24) is 24.4 Å². The molecule has 0 fully saturated rings. The zero-order valence-corrected chi connectivity index (χ0v) is 18.6. The second-order valence-corrected chi connectivity index (χ2v) is 7.94. The average Bonchev–Trinajstić information content (AvgIpc) is 3.05. The molecule has 0 radical (unpaired) electrons. The maximum Gasteiger partial charge on any atom is 0.328 e. The first-order valence-electron chi connectivity index (χ1n) is 10.9. The third kappa shape index (κ3) is 5.06. The van der Waals surface area contributed by atoms with Gasteiger partial charge in [-0.1, -0.05) is 6.07 Å². The zero-order chi connectivity index (χ0) is 22.3. The normalized spacial score (nSPS) is 12.2. The van der Waals surface area contributed by atoms with Crippen molar-refractivity contribution in [2.45, 2.75) is 25.3 Å². The van der Waals surface area contributed by atoms with Crippen molar-refractivity contribution in [1.29, 1.82) is 0 Å². The number of aromatic nitrogens is 4. The quantitative estimate of drug-likeness (QED) is 0.390. The van der Waals surface area contributed by atoms with Crippen LogP contribution in [0.3, 0.4) is 0 Å². The largest absolute Gasteiger partial charge is 0.493 e. The number of imidazole rings is 1. The molecule has 0 saturated carbocycles. The molecule has 0 spiro atoms. The van der Waals surface area contributed by atoms with Gasteiger partial charge in [-0.25, -0.2) is 4.79 Å². The highest BCUT2D eigenvalue weighted by Crippen LogP contribution is 2.20. The van der Waals surface area contributed by atoms with Crippen LogP contribution in [0.5, 0.6) is 5.75 Å². The van der Waals surface area contributed by atoms with Crippen LogP contribution in [-0.4, -0.2) is 32.3 Å². The molecule has 7 nitrogen and oxygen atoms in total. The molecular formula is C25H29N5O2. The smallest absolute Gasteiger partial charge is 0.328 e. The highest BCUT2D eigenvalue weighted by atomic mass is 16.5. The second-order valence-electron chi connectivity index (χ2n) is 7.94. The van der Waals surface area contributed by atoms with E-state index in [9.17, 15) is 4.79 Å². The van der Waals surface area contributed by atoms with Gasteiger partial charge in [-0.15, -0.1) is 0 Å². The Labute approximate surface area is 187 Å². The molecule has 0 aliphatic carbocycles. The standard InChI is InChI=1S/C25H29N5O2/c1-29-23-9-7-21(17-24(23)30(2)25(29)31)32-16-4-13-28-22(20-10-14-26-15-11-20)8-6-19-5-3-12-27-18-19/h3,5,7,9-12,14-15,17-18,22,28H,4,6,8,13,16H2,1-2H3. The van der Waals surface area contributed by atoms with Gasteiger partial charge in [-0.2, -0.15) is 0 Å². The minimum absolute atomic E-state index is 0.0326. The van der Waals surface area contributed by atoms with E-state index in [1.807, 2.05) is 42.9 Å². The number of nitrogens with one attached hydrogen (secondary N) is 1. The maximum atomic E-state index is 12.1. The maximum absolute atomic E-state index is 12.1. The van der Waals surface area contributed by atoms with Gasteiger partial charge < -0.3 is 10.1 Å². The van der Waals surface area contributed by atoms with Crippen molar-refractivity contribution in [2.24, 2.45) is 14.1 Å². The number of nitrogens with zero attached hydrogens (tertiary/aromatic N) is 4. The number of hydrogen-bond donors (Lipinski definition) is 1. The molecule has 0 aliphatic rings. The highest BCUT2D eigenvalue weighted by molar-refractivity contribution is 5.77. The lowest BCUT2D eigenvalue weighted by Gasteiger charge is -2.19. The van der Waals surface area contributed by atoms with Gasteiger partial charge in [-0.3, -0.25) is 19.1 Å². The summed E-state index contributed by atoms with van der Waals surface area (Å²) in [4.78, 5) is 20.5. The van der Waals surface area contributed by atoms with Crippen LogP contribution in [0.2, 0.25) is 0 Å². The molecule has 0 aliphatic heterocycles. The Bertz CT molecular complexity index is 1200. The minimum Gasteiger partial charge on any atom is -0.493 e. The number of fused-ring (bicyclic) bond motifs is 1. The Hall–Kier alpha value is -3.45. The summed E-state index contributed by atoms with van der Waals surface area (Å²) in [6, 6.07) is 14.3.